The molecule has 0 radical (unpaired) electrons. The van der Waals surface area contributed by atoms with Gasteiger partial charge in [-0.05, 0) is 24.6 Å². The largest absolute Gasteiger partial charge is 0.392 e. The highest BCUT2D eigenvalue weighted by atomic mass is 35.5. The van der Waals surface area contributed by atoms with Crippen molar-refractivity contribution in [3.63, 3.8) is 0 Å². The number of rotatable bonds is 4. The van der Waals surface area contributed by atoms with Gasteiger partial charge >= 0.3 is 0 Å². The molecular weight excluding hydrogens is 276 g/mol. The van der Waals surface area contributed by atoms with E-state index in [1.54, 1.807) is 12.1 Å². The van der Waals surface area contributed by atoms with Crippen LogP contribution in [0.2, 0.25) is 5.02 Å². The molecule has 1 saturated heterocycles. The average molecular weight is 291 g/mol. The van der Waals surface area contributed by atoms with Gasteiger partial charge in [0.1, 0.15) is 0 Å². The van der Waals surface area contributed by atoms with Crippen LogP contribution in [0.4, 0.5) is 0 Å². The molecule has 6 heteroatoms. The van der Waals surface area contributed by atoms with Gasteiger partial charge in [0.2, 0.25) is 0 Å². The predicted octanol–water partition coefficient (Wildman–Crippen LogP) is 1.51. The number of hydrogen-bond acceptors (Lipinski definition) is 4. The molecular formula is C12H15ClO4S. The highest BCUT2D eigenvalue weighted by Crippen LogP contribution is 2.22. The summed E-state index contributed by atoms with van der Waals surface area (Å²) < 4.78 is 29.3. The molecule has 1 aliphatic rings. The molecule has 2 unspecified atom stereocenters. The number of halogens is 1. The lowest BCUT2D eigenvalue weighted by atomic mass is 10.0. The van der Waals surface area contributed by atoms with E-state index in [0.29, 0.717) is 24.7 Å². The summed E-state index contributed by atoms with van der Waals surface area (Å²) in [6.07, 6.45) is -0.192. The third kappa shape index (κ3) is 3.23. The standard InChI is InChI=1S/C12H15ClO4S/c13-10-2-1-3-11(6-10)18(15,16)8-12(14)9-4-5-17-7-9/h1-3,6,9,12,14H,4-5,7-8H2. The Morgan fingerprint density at radius 1 is 1.50 bits per heavy atom. The van der Waals surface area contributed by atoms with Crippen LogP contribution in [0.1, 0.15) is 6.42 Å². The Bertz CT molecular complexity index is 509. The van der Waals surface area contributed by atoms with E-state index >= 15 is 0 Å². The molecule has 1 N–H and O–H groups in total. The van der Waals surface area contributed by atoms with E-state index in [9.17, 15) is 13.5 Å². The fourth-order valence-electron chi connectivity index (χ4n) is 1.97. The third-order valence-electron chi connectivity index (χ3n) is 3.05. The Morgan fingerprint density at radius 2 is 2.28 bits per heavy atom. The quantitative estimate of drug-likeness (QED) is 0.913. The number of hydrogen-bond donors (Lipinski definition) is 1. The van der Waals surface area contributed by atoms with Crippen molar-refractivity contribution in [2.24, 2.45) is 5.92 Å². The van der Waals surface area contributed by atoms with E-state index in [1.807, 2.05) is 0 Å². The van der Waals surface area contributed by atoms with Gasteiger partial charge in [-0.15, -0.1) is 0 Å². The van der Waals surface area contributed by atoms with Gasteiger partial charge < -0.3 is 9.84 Å². The zero-order valence-corrected chi connectivity index (χ0v) is 11.3. The maximum atomic E-state index is 12.1. The topological polar surface area (TPSA) is 63.6 Å². The van der Waals surface area contributed by atoms with Gasteiger partial charge in [0, 0.05) is 17.5 Å². The van der Waals surface area contributed by atoms with Gasteiger partial charge in [-0.25, -0.2) is 8.42 Å². The number of aliphatic hydroxyl groups is 1. The Balaban J connectivity index is 2.11. The SMILES string of the molecule is O=S(=O)(CC(O)C1CCOC1)c1cccc(Cl)c1. The zero-order valence-electron chi connectivity index (χ0n) is 9.75. The number of ether oxygens (including phenoxy) is 1. The van der Waals surface area contributed by atoms with Crippen LogP contribution in [0.5, 0.6) is 0 Å². The molecule has 1 fully saturated rings. The molecule has 18 heavy (non-hydrogen) atoms. The zero-order chi connectivity index (χ0) is 13.2. The molecule has 1 aromatic rings. The molecule has 100 valence electrons. The van der Waals surface area contributed by atoms with E-state index in [4.69, 9.17) is 16.3 Å². The minimum absolute atomic E-state index is 0.0982. The molecule has 0 spiro atoms. The van der Waals surface area contributed by atoms with Crippen LogP contribution in [0.25, 0.3) is 0 Å². The first-order chi connectivity index (χ1) is 8.49. The summed E-state index contributed by atoms with van der Waals surface area (Å²) in [5, 5.41) is 10.3. The molecule has 0 aliphatic carbocycles. The van der Waals surface area contributed by atoms with Crippen LogP contribution >= 0.6 is 11.6 Å². The molecule has 1 aromatic carbocycles. The average Bonchev–Trinajstić information content (AvgIpc) is 2.82. The highest BCUT2D eigenvalue weighted by Gasteiger charge is 2.29. The van der Waals surface area contributed by atoms with Crippen molar-refractivity contribution in [3.8, 4) is 0 Å². The van der Waals surface area contributed by atoms with Crippen LogP contribution in [-0.4, -0.2) is 38.6 Å². The molecule has 1 heterocycles. The van der Waals surface area contributed by atoms with Gasteiger partial charge in [0.15, 0.2) is 9.84 Å². The normalized spacial score (nSPS) is 22.0. The van der Waals surface area contributed by atoms with Crippen molar-refractivity contribution >= 4 is 21.4 Å². The Morgan fingerprint density at radius 3 is 2.89 bits per heavy atom. The van der Waals surface area contributed by atoms with Crippen molar-refractivity contribution in [1.29, 1.82) is 0 Å². The van der Waals surface area contributed by atoms with Gasteiger partial charge in [-0.1, -0.05) is 17.7 Å². The van der Waals surface area contributed by atoms with E-state index < -0.39 is 15.9 Å². The molecule has 2 rings (SSSR count). The monoisotopic (exact) mass is 290 g/mol. The molecule has 2 atom stereocenters. The van der Waals surface area contributed by atoms with Gasteiger partial charge in [-0.3, -0.25) is 0 Å². The summed E-state index contributed by atoms with van der Waals surface area (Å²) in [5.41, 5.74) is 0. The maximum Gasteiger partial charge on any atom is 0.180 e. The van der Waals surface area contributed by atoms with Crippen molar-refractivity contribution < 1.29 is 18.3 Å². The second kappa shape index (κ2) is 5.57. The van der Waals surface area contributed by atoms with Crippen LogP contribution in [0.15, 0.2) is 29.2 Å². The van der Waals surface area contributed by atoms with Crippen molar-refractivity contribution in [3.05, 3.63) is 29.3 Å². The number of benzene rings is 1. The second-order valence-corrected chi connectivity index (χ2v) is 6.90. The van der Waals surface area contributed by atoms with Crippen molar-refractivity contribution in [1.82, 2.24) is 0 Å². The smallest absolute Gasteiger partial charge is 0.180 e. The summed E-state index contributed by atoms with van der Waals surface area (Å²) in [6.45, 7) is 1.01. The molecule has 4 nitrogen and oxygen atoms in total. The number of sulfone groups is 1. The fourth-order valence-corrected chi connectivity index (χ4v) is 3.74. The Hall–Kier alpha value is -0.620. The predicted molar refractivity (Wildman–Crippen MR) is 68.4 cm³/mol. The Labute approximate surface area is 111 Å². The molecule has 0 amide bonds. The minimum atomic E-state index is -3.51. The summed E-state index contributed by atoms with van der Waals surface area (Å²) >= 11 is 5.77. The first kappa shape index (κ1) is 13.8. The lowest BCUT2D eigenvalue weighted by Gasteiger charge is -2.16. The van der Waals surface area contributed by atoms with Crippen LogP contribution in [0.3, 0.4) is 0 Å². The Kier molecular flexibility index (Phi) is 4.27. The van der Waals surface area contributed by atoms with Crippen molar-refractivity contribution in [2.75, 3.05) is 19.0 Å². The molecule has 0 bridgehead atoms. The van der Waals surface area contributed by atoms with Crippen LogP contribution in [-0.2, 0) is 14.6 Å². The third-order valence-corrected chi connectivity index (χ3v) is 5.04. The van der Waals surface area contributed by atoms with Crippen LogP contribution < -0.4 is 0 Å². The fraction of sp³-hybridized carbons (Fsp3) is 0.500. The first-order valence-corrected chi connectivity index (χ1v) is 7.76. The maximum absolute atomic E-state index is 12.1. The van der Waals surface area contributed by atoms with Gasteiger partial charge in [-0.2, -0.15) is 0 Å². The molecule has 1 aliphatic heterocycles. The van der Waals surface area contributed by atoms with Gasteiger partial charge in [0.05, 0.1) is 23.4 Å². The summed E-state index contributed by atoms with van der Waals surface area (Å²) in [6, 6.07) is 6.08. The van der Waals surface area contributed by atoms with Crippen LogP contribution in [0, 0.1) is 5.92 Å². The van der Waals surface area contributed by atoms with Crippen molar-refractivity contribution in [2.45, 2.75) is 17.4 Å². The minimum Gasteiger partial charge on any atom is -0.392 e. The van der Waals surface area contributed by atoms with E-state index in [-0.39, 0.29) is 16.6 Å². The number of aliphatic hydroxyl groups excluding tert-OH is 1. The summed E-state index contributed by atoms with van der Waals surface area (Å²) in [7, 11) is -3.51. The lowest BCUT2D eigenvalue weighted by Crippen LogP contribution is -2.29. The molecule has 0 saturated carbocycles. The van der Waals surface area contributed by atoms with E-state index in [2.05, 4.69) is 0 Å². The highest BCUT2D eigenvalue weighted by molar-refractivity contribution is 7.91. The van der Waals surface area contributed by atoms with E-state index in [0.717, 1.165) is 0 Å². The van der Waals surface area contributed by atoms with E-state index in [1.165, 1.54) is 12.1 Å². The van der Waals surface area contributed by atoms with Gasteiger partial charge in [0.25, 0.3) is 0 Å². The lowest BCUT2D eigenvalue weighted by molar-refractivity contribution is 0.108. The first-order valence-electron chi connectivity index (χ1n) is 5.73. The summed E-state index contributed by atoms with van der Waals surface area (Å²) in [4.78, 5) is 0.146. The second-order valence-electron chi connectivity index (χ2n) is 4.43. The summed E-state index contributed by atoms with van der Waals surface area (Å²) in [5.74, 6) is -0.388. The molecule has 0 aromatic heterocycles.